The van der Waals surface area contributed by atoms with Crippen molar-refractivity contribution in [3.8, 4) is 33.9 Å². The molecule has 0 saturated heterocycles. The first-order chi connectivity index (χ1) is 19.8. The molecule has 0 unspecified atom stereocenters. The summed E-state index contributed by atoms with van der Waals surface area (Å²) in [5.41, 5.74) is 8.07. The van der Waals surface area contributed by atoms with Crippen LogP contribution in [0.15, 0.2) is 67.3 Å². The van der Waals surface area contributed by atoms with Crippen molar-refractivity contribution in [1.29, 1.82) is 0 Å². The number of hydrogen-bond acceptors (Lipinski definition) is 7. The average molecular weight is 550 g/mol. The molecule has 0 radical (unpaired) electrons. The second-order valence-corrected chi connectivity index (χ2v) is 10.7. The molecule has 0 aliphatic rings. The summed E-state index contributed by atoms with van der Waals surface area (Å²) in [6.07, 6.45) is 7.14. The van der Waals surface area contributed by atoms with Gasteiger partial charge >= 0.3 is 0 Å². The first-order valence-corrected chi connectivity index (χ1v) is 13.6. The number of nitrogens with zero attached hydrogens (tertiary/aromatic N) is 5. The highest BCUT2D eigenvalue weighted by atomic mass is 19.1. The van der Waals surface area contributed by atoms with Crippen LogP contribution in [0.5, 0.6) is 0 Å². The number of aromatic nitrogens is 6. The van der Waals surface area contributed by atoms with Gasteiger partial charge in [-0.05, 0) is 70.4 Å². The van der Waals surface area contributed by atoms with Crippen LogP contribution in [-0.4, -0.2) is 68.3 Å². The first kappa shape index (κ1) is 26.4. The number of fused-ring (bicyclic) bond motifs is 2. The van der Waals surface area contributed by atoms with E-state index in [1.807, 2.05) is 56.8 Å². The molecule has 4 N–H and O–H groups in total. The predicted molar refractivity (Wildman–Crippen MR) is 163 cm³/mol. The van der Waals surface area contributed by atoms with E-state index in [4.69, 9.17) is 0 Å². The minimum Gasteiger partial charge on any atom is -0.384 e. The first-order valence-electron chi connectivity index (χ1n) is 13.6. The Morgan fingerprint density at radius 1 is 0.878 bits per heavy atom. The quantitative estimate of drug-likeness (QED) is 0.171. The van der Waals surface area contributed by atoms with Crippen LogP contribution >= 0.6 is 0 Å². The second kappa shape index (κ2) is 11.0. The molecule has 0 spiro atoms. The Balaban J connectivity index is 1.37. The number of pyridine rings is 3. The molecule has 1 aromatic carbocycles. The molecule has 0 atom stereocenters. The maximum Gasteiger partial charge on any atom is 0.125 e. The Morgan fingerprint density at radius 3 is 2.54 bits per heavy atom. The van der Waals surface area contributed by atoms with E-state index in [0.717, 1.165) is 62.4 Å². The molecule has 41 heavy (non-hydrogen) atoms. The minimum atomic E-state index is -0.315. The van der Waals surface area contributed by atoms with Crippen LogP contribution in [0.2, 0.25) is 0 Å². The van der Waals surface area contributed by atoms with Gasteiger partial charge in [0.15, 0.2) is 0 Å². The van der Waals surface area contributed by atoms with Gasteiger partial charge in [-0.2, -0.15) is 5.10 Å². The molecule has 6 rings (SSSR count). The lowest BCUT2D eigenvalue weighted by molar-refractivity contribution is 0.425. The van der Waals surface area contributed by atoms with Gasteiger partial charge in [0.25, 0.3) is 0 Å². The van der Waals surface area contributed by atoms with Crippen LogP contribution in [0.4, 0.5) is 15.8 Å². The zero-order chi connectivity index (χ0) is 28.5. The lowest BCUT2D eigenvalue weighted by Gasteiger charge is -2.12. The summed E-state index contributed by atoms with van der Waals surface area (Å²) in [6, 6.07) is 13.3. The van der Waals surface area contributed by atoms with Crippen molar-refractivity contribution in [2.75, 3.05) is 37.8 Å². The van der Waals surface area contributed by atoms with Crippen molar-refractivity contribution >= 4 is 33.2 Å². The molecule has 9 nitrogen and oxygen atoms in total. The summed E-state index contributed by atoms with van der Waals surface area (Å²) in [6.45, 7) is 5.73. The maximum atomic E-state index is 14.7. The van der Waals surface area contributed by atoms with Crippen molar-refractivity contribution in [3.05, 3.63) is 73.1 Å². The van der Waals surface area contributed by atoms with Gasteiger partial charge in [-0.3, -0.25) is 20.1 Å². The number of halogens is 1. The van der Waals surface area contributed by atoms with E-state index in [-0.39, 0.29) is 5.82 Å². The van der Waals surface area contributed by atoms with Gasteiger partial charge < -0.3 is 20.5 Å². The van der Waals surface area contributed by atoms with Gasteiger partial charge in [0.05, 0.1) is 34.5 Å². The molecule has 6 aromatic rings. The van der Waals surface area contributed by atoms with E-state index in [0.29, 0.717) is 23.8 Å². The third-order valence-electron chi connectivity index (χ3n) is 6.80. The zero-order valence-corrected chi connectivity index (χ0v) is 23.5. The van der Waals surface area contributed by atoms with Crippen molar-refractivity contribution in [3.63, 3.8) is 0 Å². The molecule has 0 bridgehead atoms. The second-order valence-electron chi connectivity index (χ2n) is 10.7. The fourth-order valence-corrected chi connectivity index (χ4v) is 4.94. The number of aromatic amines is 2. The van der Waals surface area contributed by atoms with Crippen molar-refractivity contribution in [2.24, 2.45) is 0 Å². The number of benzene rings is 1. The normalized spacial score (nSPS) is 11.7. The summed E-state index contributed by atoms with van der Waals surface area (Å²) in [5, 5.41) is 16.2. The summed E-state index contributed by atoms with van der Waals surface area (Å²) in [5.74, 6) is -0.315. The van der Waals surface area contributed by atoms with Gasteiger partial charge in [0, 0.05) is 70.8 Å². The molecular formula is C31H32FN9. The Morgan fingerprint density at radius 2 is 1.71 bits per heavy atom. The predicted octanol–water partition coefficient (Wildman–Crippen LogP) is 6.16. The minimum absolute atomic E-state index is 0.294. The number of hydrogen-bond donors (Lipinski definition) is 4. The lowest BCUT2D eigenvalue weighted by Crippen LogP contribution is -2.20. The monoisotopic (exact) mass is 549 g/mol. The number of likely N-dealkylation sites (N-methyl/N-ethyl adjacent to an activating group) is 1. The third kappa shape index (κ3) is 5.59. The van der Waals surface area contributed by atoms with E-state index < -0.39 is 0 Å². The van der Waals surface area contributed by atoms with Gasteiger partial charge in [0.2, 0.25) is 0 Å². The van der Waals surface area contributed by atoms with Crippen LogP contribution in [0.1, 0.15) is 13.8 Å². The molecule has 0 saturated carbocycles. The van der Waals surface area contributed by atoms with Crippen LogP contribution in [0, 0.1) is 5.82 Å². The molecule has 208 valence electrons. The van der Waals surface area contributed by atoms with Crippen LogP contribution in [-0.2, 0) is 0 Å². The van der Waals surface area contributed by atoms with Crippen molar-refractivity contribution < 1.29 is 4.39 Å². The van der Waals surface area contributed by atoms with Gasteiger partial charge in [-0.25, -0.2) is 4.39 Å². The number of H-pyrrole nitrogens is 2. The average Bonchev–Trinajstić information content (AvgIpc) is 3.56. The number of anilines is 2. The Labute approximate surface area is 237 Å². The SMILES string of the molecule is CC(C)Nc1cncc(-c2cc3c(-c4cc5c(-c6cc(F)cc(NCCN(C)C)c6)nccc5[nH]4)n[nH]c3cn2)c1. The third-order valence-corrected chi connectivity index (χ3v) is 6.80. The van der Waals surface area contributed by atoms with E-state index >= 15 is 0 Å². The van der Waals surface area contributed by atoms with Crippen molar-refractivity contribution in [2.45, 2.75) is 19.9 Å². The largest absolute Gasteiger partial charge is 0.384 e. The smallest absolute Gasteiger partial charge is 0.125 e. The topological polar surface area (TPSA) is 110 Å². The van der Waals surface area contributed by atoms with Crippen LogP contribution in [0.25, 0.3) is 55.7 Å². The number of rotatable bonds is 9. The number of nitrogens with one attached hydrogen (secondary N) is 4. The fraction of sp³-hybridized carbons (Fsp3) is 0.226. The Bertz CT molecular complexity index is 1840. The summed E-state index contributed by atoms with van der Waals surface area (Å²) in [7, 11) is 4.01. The zero-order valence-electron chi connectivity index (χ0n) is 23.5. The molecular weight excluding hydrogens is 517 g/mol. The van der Waals surface area contributed by atoms with Gasteiger partial charge in [-0.15, -0.1) is 0 Å². The lowest BCUT2D eigenvalue weighted by atomic mass is 10.1. The standard InChI is InChI=1S/C31H32FN9/c1-18(2)37-23-11-20(15-33-16-23)27-13-25-29(17-36-27)39-40-31(25)28-14-24-26(38-28)5-6-35-30(24)19-9-21(32)12-22(10-19)34-7-8-41(3)4/h5-6,9-18,34,37-38H,7-8H2,1-4H3,(H,39,40). The highest BCUT2D eigenvalue weighted by molar-refractivity contribution is 6.00. The molecule has 0 amide bonds. The molecule has 0 fully saturated rings. The molecule has 0 aliphatic carbocycles. The highest BCUT2D eigenvalue weighted by Crippen LogP contribution is 2.35. The molecule has 5 heterocycles. The summed E-state index contributed by atoms with van der Waals surface area (Å²) >= 11 is 0. The van der Waals surface area contributed by atoms with Gasteiger partial charge in [-0.1, -0.05) is 0 Å². The van der Waals surface area contributed by atoms with E-state index in [9.17, 15) is 4.39 Å². The van der Waals surface area contributed by atoms with E-state index in [2.05, 4.69) is 59.5 Å². The van der Waals surface area contributed by atoms with Crippen LogP contribution in [0.3, 0.4) is 0 Å². The Kier molecular flexibility index (Phi) is 7.07. The molecule has 5 aromatic heterocycles. The molecule has 0 aliphatic heterocycles. The van der Waals surface area contributed by atoms with E-state index in [1.54, 1.807) is 12.4 Å². The maximum absolute atomic E-state index is 14.7. The summed E-state index contributed by atoms with van der Waals surface area (Å²) in [4.78, 5) is 19.2. The molecule has 10 heteroatoms. The van der Waals surface area contributed by atoms with Gasteiger partial charge in [0.1, 0.15) is 11.5 Å². The summed E-state index contributed by atoms with van der Waals surface area (Å²) < 4.78 is 14.7. The van der Waals surface area contributed by atoms with Crippen molar-refractivity contribution in [1.82, 2.24) is 35.0 Å². The fourth-order valence-electron chi connectivity index (χ4n) is 4.94. The van der Waals surface area contributed by atoms with Crippen LogP contribution < -0.4 is 10.6 Å². The Hall–Kier alpha value is -4.83. The highest BCUT2D eigenvalue weighted by Gasteiger charge is 2.16. The van der Waals surface area contributed by atoms with E-state index in [1.165, 1.54) is 12.1 Å².